The Labute approximate surface area is 110 Å². The van der Waals surface area contributed by atoms with E-state index in [-0.39, 0.29) is 5.95 Å². The Morgan fingerprint density at radius 3 is 2.21 bits per heavy atom. The van der Waals surface area contributed by atoms with Crippen LogP contribution < -0.4 is 11.1 Å². The third-order valence-electron chi connectivity index (χ3n) is 2.45. The lowest BCUT2D eigenvalue weighted by Crippen LogP contribution is -2.20. The van der Waals surface area contributed by atoms with E-state index in [0.29, 0.717) is 25.2 Å². The number of nitrogens with zero attached hydrogens (tertiary/aromatic N) is 2. The fourth-order valence-electron chi connectivity index (χ4n) is 1.36. The van der Waals surface area contributed by atoms with E-state index in [9.17, 15) is 13.2 Å². The minimum atomic E-state index is -4.48. The number of hydrogen-bond donors (Lipinski definition) is 2. The Hall–Kier alpha value is -1.37. The van der Waals surface area contributed by atoms with Crippen molar-refractivity contribution in [2.24, 2.45) is 5.73 Å². The second-order valence-electron chi connectivity index (χ2n) is 5.28. The molecule has 19 heavy (non-hydrogen) atoms. The molecular weight excluding hydrogens is 257 g/mol. The molecule has 7 heteroatoms. The molecule has 0 spiro atoms. The van der Waals surface area contributed by atoms with Gasteiger partial charge in [-0.3, -0.25) is 0 Å². The second kappa shape index (κ2) is 5.73. The molecule has 0 saturated carbocycles. The highest BCUT2D eigenvalue weighted by atomic mass is 19.4. The van der Waals surface area contributed by atoms with E-state index in [1.54, 1.807) is 20.8 Å². The van der Waals surface area contributed by atoms with Gasteiger partial charge in [0.05, 0.1) is 5.69 Å². The van der Waals surface area contributed by atoms with E-state index in [0.717, 1.165) is 6.07 Å². The summed E-state index contributed by atoms with van der Waals surface area (Å²) in [6, 6.07) is 0.994. The van der Waals surface area contributed by atoms with Gasteiger partial charge in [0, 0.05) is 12.0 Å². The Bertz CT molecular complexity index is 392. The lowest BCUT2D eigenvalue weighted by atomic mass is 9.91. The molecule has 1 aromatic heterocycles. The molecule has 3 N–H and O–H groups in total. The van der Waals surface area contributed by atoms with Crippen LogP contribution in [0, 0.1) is 0 Å². The number of nitrogens with one attached hydrogen (secondary N) is 1. The van der Waals surface area contributed by atoms with Crippen LogP contribution in [0.5, 0.6) is 0 Å². The first-order chi connectivity index (χ1) is 8.64. The first-order valence-electron chi connectivity index (χ1n) is 6.05. The zero-order valence-electron chi connectivity index (χ0n) is 11.3. The summed E-state index contributed by atoms with van der Waals surface area (Å²) >= 11 is 0. The van der Waals surface area contributed by atoms with Gasteiger partial charge in [0.25, 0.3) is 0 Å². The predicted octanol–water partition coefficient (Wildman–Crippen LogP) is 2.55. The van der Waals surface area contributed by atoms with Crippen LogP contribution in [0.15, 0.2) is 6.07 Å². The van der Waals surface area contributed by atoms with E-state index in [1.165, 1.54) is 0 Å². The molecule has 0 aliphatic rings. The second-order valence-corrected chi connectivity index (χ2v) is 5.28. The molecule has 108 valence electrons. The Kier molecular flexibility index (Phi) is 4.73. The average molecular weight is 276 g/mol. The summed E-state index contributed by atoms with van der Waals surface area (Å²) < 4.78 is 38.4. The van der Waals surface area contributed by atoms with Crippen LogP contribution in [-0.4, -0.2) is 23.1 Å². The molecule has 0 amide bonds. The van der Waals surface area contributed by atoms with Gasteiger partial charge in [-0.15, -0.1) is 0 Å². The zero-order chi connectivity index (χ0) is 14.7. The summed E-state index contributed by atoms with van der Waals surface area (Å²) in [6.45, 7) is 6.32. The highest BCUT2D eigenvalue weighted by molar-refractivity contribution is 5.31. The standard InChI is InChI=1S/C12H19F3N4/c1-11(2,3)8-7-9(12(13,14)15)19-10(18-8)17-6-4-5-16/h7H,4-6,16H2,1-3H3,(H,17,18,19). The van der Waals surface area contributed by atoms with Crippen LogP contribution in [0.4, 0.5) is 19.1 Å². The van der Waals surface area contributed by atoms with Crippen LogP contribution in [0.1, 0.15) is 38.6 Å². The van der Waals surface area contributed by atoms with E-state index in [2.05, 4.69) is 15.3 Å². The number of hydrogen-bond acceptors (Lipinski definition) is 4. The van der Waals surface area contributed by atoms with Crippen LogP contribution in [-0.2, 0) is 11.6 Å². The Morgan fingerprint density at radius 2 is 1.74 bits per heavy atom. The number of halogens is 3. The molecule has 0 fully saturated rings. The van der Waals surface area contributed by atoms with Gasteiger partial charge in [-0.2, -0.15) is 13.2 Å². The van der Waals surface area contributed by atoms with E-state index in [4.69, 9.17) is 5.73 Å². The topological polar surface area (TPSA) is 63.8 Å². The summed E-state index contributed by atoms with van der Waals surface area (Å²) in [7, 11) is 0. The number of anilines is 1. The molecule has 0 aromatic carbocycles. The maximum absolute atomic E-state index is 12.8. The van der Waals surface area contributed by atoms with Gasteiger partial charge in [0.15, 0.2) is 0 Å². The number of nitrogens with two attached hydrogens (primary N) is 1. The van der Waals surface area contributed by atoms with Crippen molar-refractivity contribution in [3.8, 4) is 0 Å². The summed E-state index contributed by atoms with van der Waals surface area (Å²) in [5.41, 5.74) is 4.28. The van der Waals surface area contributed by atoms with Gasteiger partial charge in [-0.05, 0) is 19.0 Å². The predicted molar refractivity (Wildman–Crippen MR) is 67.9 cm³/mol. The van der Waals surface area contributed by atoms with E-state index < -0.39 is 17.3 Å². The van der Waals surface area contributed by atoms with Crippen molar-refractivity contribution < 1.29 is 13.2 Å². The number of alkyl halides is 3. The molecule has 0 radical (unpaired) electrons. The molecule has 0 atom stereocenters. The molecule has 0 aliphatic heterocycles. The number of rotatable bonds is 4. The van der Waals surface area contributed by atoms with Gasteiger partial charge in [0.2, 0.25) is 5.95 Å². The van der Waals surface area contributed by atoms with Crippen molar-refractivity contribution >= 4 is 5.95 Å². The first-order valence-corrected chi connectivity index (χ1v) is 6.05. The molecule has 1 aromatic rings. The van der Waals surface area contributed by atoms with Crippen molar-refractivity contribution in [1.29, 1.82) is 0 Å². The number of aromatic nitrogens is 2. The molecule has 4 nitrogen and oxygen atoms in total. The van der Waals surface area contributed by atoms with Crippen molar-refractivity contribution in [3.63, 3.8) is 0 Å². The van der Waals surface area contributed by atoms with Gasteiger partial charge in [-0.25, -0.2) is 9.97 Å². The monoisotopic (exact) mass is 276 g/mol. The maximum Gasteiger partial charge on any atom is 0.433 e. The smallest absolute Gasteiger partial charge is 0.354 e. The molecule has 0 unspecified atom stereocenters. The maximum atomic E-state index is 12.8. The largest absolute Gasteiger partial charge is 0.433 e. The molecule has 1 heterocycles. The summed E-state index contributed by atoms with van der Waals surface area (Å²) in [5, 5.41) is 2.77. The Morgan fingerprint density at radius 1 is 1.16 bits per heavy atom. The van der Waals surface area contributed by atoms with Crippen LogP contribution in [0.25, 0.3) is 0 Å². The molecular formula is C12H19F3N4. The fraction of sp³-hybridized carbons (Fsp3) is 0.667. The minimum absolute atomic E-state index is 0.00630. The molecule has 0 saturated heterocycles. The first kappa shape index (κ1) is 15.7. The van der Waals surface area contributed by atoms with Crippen molar-refractivity contribution in [2.75, 3.05) is 18.4 Å². The summed E-state index contributed by atoms with van der Waals surface area (Å²) in [5.74, 6) is -0.00630. The zero-order valence-corrected chi connectivity index (χ0v) is 11.3. The summed E-state index contributed by atoms with van der Waals surface area (Å²) in [4.78, 5) is 7.63. The quantitative estimate of drug-likeness (QED) is 0.830. The third kappa shape index (κ3) is 4.66. The molecule has 0 aliphatic carbocycles. The van der Waals surface area contributed by atoms with Gasteiger partial charge in [-0.1, -0.05) is 20.8 Å². The fourth-order valence-corrected chi connectivity index (χ4v) is 1.36. The van der Waals surface area contributed by atoms with E-state index >= 15 is 0 Å². The van der Waals surface area contributed by atoms with Crippen LogP contribution in [0.3, 0.4) is 0 Å². The van der Waals surface area contributed by atoms with Gasteiger partial charge >= 0.3 is 6.18 Å². The van der Waals surface area contributed by atoms with Gasteiger partial charge < -0.3 is 11.1 Å². The SMILES string of the molecule is CC(C)(C)c1cc(C(F)(F)F)nc(NCCCN)n1. The lowest BCUT2D eigenvalue weighted by Gasteiger charge is -2.20. The lowest BCUT2D eigenvalue weighted by molar-refractivity contribution is -0.141. The summed E-state index contributed by atoms with van der Waals surface area (Å²) in [6.07, 6.45) is -3.84. The average Bonchev–Trinajstić information content (AvgIpc) is 2.27. The molecule has 1 rings (SSSR count). The Balaban J connectivity index is 3.10. The van der Waals surface area contributed by atoms with Crippen molar-refractivity contribution in [1.82, 2.24) is 9.97 Å². The van der Waals surface area contributed by atoms with E-state index in [1.807, 2.05) is 0 Å². The van der Waals surface area contributed by atoms with Crippen LogP contribution in [0.2, 0.25) is 0 Å². The van der Waals surface area contributed by atoms with Gasteiger partial charge in [0.1, 0.15) is 5.69 Å². The third-order valence-corrected chi connectivity index (χ3v) is 2.45. The molecule has 0 bridgehead atoms. The van der Waals surface area contributed by atoms with Crippen molar-refractivity contribution in [2.45, 2.75) is 38.8 Å². The minimum Gasteiger partial charge on any atom is -0.354 e. The highest BCUT2D eigenvalue weighted by Crippen LogP contribution is 2.31. The van der Waals surface area contributed by atoms with Crippen LogP contribution >= 0.6 is 0 Å². The normalized spacial score (nSPS) is 12.6. The highest BCUT2D eigenvalue weighted by Gasteiger charge is 2.34. The van der Waals surface area contributed by atoms with Crippen molar-refractivity contribution in [3.05, 3.63) is 17.5 Å².